The molecule has 0 aliphatic carbocycles. The van der Waals surface area contributed by atoms with Crippen molar-refractivity contribution in [1.29, 1.82) is 0 Å². The van der Waals surface area contributed by atoms with E-state index in [-0.39, 0.29) is 5.91 Å². The molecule has 1 aromatic heterocycles. The summed E-state index contributed by atoms with van der Waals surface area (Å²) in [7, 11) is 0. The van der Waals surface area contributed by atoms with Gasteiger partial charge < -0.3 is 10.7 Å². The first-order chi connectivity index (χ1) is 9.11. The van der Waals surface area contributed by atoms with E-state index in [9.17, 15) is 4.79 Å². The molecule has 0 atom stereocenters. The number of amides is 1. The highest BCUT2D eigenvalue weighted by molar-refractivity contribution is 6.08. The monoisotopic (exact) mass is 256 g/mol. The van der Waals surface area contributed by atoms with E-state index in [1.165, 1.54) is 0 Å². The molecule has 0 saturated heterocycles. The number of carbonyl (C=O) groups excluding carboxylic acids is 1. The zero-order chi connectivity index (χ0) is 13.8. The van der Waals surface area contributed by atoms with E-state index in [0.29, 0.717) is 16.9 Å². The fraction of sp³-hybridized carbons (Fsp3) is 0.143. The molecule has 0 saturated carbocycles. The number of anilines is 2. The first-order valence-corrected chi connectivity index (χ1v) is 5.91. The van der Waals surface area contributed by atoms with Crippen molar-refractivity contribution in [2.75, 3.05) is 10.7 Å². The Balaban J connectivity index is 2.28. The Morgan fingerprint density at radius 2 is 2.00 bits per heavy atom. The van der Waals surface area contributed by atoms with Crippen LogP contribution in [0.5, 0.6) is 0 Å². The van der Waals surface area contributed by atoms with Crippen molar-refractivity contribution in [2.24, 2.45) is 5.84 Å². The largest absolute Gasteiger partial charge is 0.323 e. The number of carbonyl (C=O) groups is 1. The zero-order valence-electron chi connectivity index (χ0n) is 10.9. The average Bonchev–Trinajstić information content (AvgIpc) is 2.41. The number of benzene rings is 1. The number of rotatable bonds is 3. The van der Waals surface area contributed by atoms with Gasteiger partial charge in [0.15, 0.2) is 0 Å². The number of nitrogens with two attached hydrogens (primary N) is 1. The Labute approximate surface area is 111 Å². The van der Waals surface area contributed by atoms with Gasteiger partial charge in [-0.15, -0.1) is 0 Å². The lowest BCUT2D eigenvalue weighted by molar-refractivity contribution is 0.102. The molecule has 5 heteroatoms. The number of nitrogen functional groups attached to an aromatic ring is 1. The van der Waals surface area contributed by atoms with Crippen LogP contribution in [0.1, 0.15) is 21.5 Å². The van der Waals surface area contributed by atoms with Gasteiger partial charge in [-0.25, -0.2) is 0 Å². The summed E-state index contributed by atoms with van der Waals surface area (Å²) < 4.78 is 0. The van der Waals surface area contributed by atoms with E-state index < -0.39 is 0 Å². The van der Waals surface area contributed by atoms with Gasteiger partial charge in [0.2, 0.25) is 0 Å². The van der Waals surface area contributed by atoms with Crippen molar-refractivity contribution in [3.8, 4) is 0 Å². The van der Waals surface area contributed by atoms with Crippen LogP contribution in [-0.4, -0.2) is 10.9 Å². The molecule has 2 aromatic rings. The number of hydrazine groups is 1. The summed E-state index contributed by atoms with van der Waals surface area (Å²) in [5.41, 5.74) is 6.31. The normalized spacial score (nSPS) is 10.1. The van der Waals surface area contributed by atoms with Gasteiger partial charge in [0.25, 0.3) is 5.91 Å². The predicted octanol–water partition coefficient (Wildman–Crippen LogP) is 2.24. The standard InChI is InChI=1S/C14H16N4O/c1-9-3-4-11(12(7-9)18-15)14(19)17-13-8-16-6-5-10(13)2/h3-8,18H,15H2,1-2H3,(H,17,19). The third kappa shape index (κ3) is 2.89. The molecule has 4 N–H and O–H groups in total. The molecule has 1 amide bonds. The minimum atomic E-state index is -0.218. The van der Waals surface area contributed by atoms with Crippen molar-refractivity contribution in [3.63, 3.8) is 0 Å². The fourth-order valence-electron chi connectivity index (χ4n) is 1.76. The first-order valence-electron chi connectivity index (χ1n) is 5.91. The lowest BCUT2D eigenvalue weighted by Gasteiger charge is -2.11. The molecule has 0 aliphatic heterocycles. The molecular formula is C14H16N4O. The van der Waals surface area contributed by atoms with E-state index in [4.69, 9.17) is 5.84 Å². The van der Waals surface area contributed by atoms with Crippen LogP contribution in [0.15, 0.2) is 36.7 Å². The maximum absolute atomic E-state index is 12.2. The van der Waals surface area contributed by atoms with Gasteiger partial charge in [0, 0.05) is 6.20 Å². The lowest BCUT2D eigenvalue weighted by atomic mass is 10.1. The van der Waals surface area contributed by atoms with Gasteiger partial charge in [0.05, 0.1) is 23.1 Å². The molecule has 1 heterocycles. The quantitative estimate of drug-likeness (QED) is 0.581. The van der Waals surface area contributed by atoms with E-state index >= 15 is 0 Å². The van der Waals surface area contributed by atoms with Crippen molar-refractivity contribution in [1.82, 2.24) is 4.98 Å². The molecule has 5 nitrogen and oxygen atoms in total. The average molecular weight is 256 g/mol. The number of hydrogen-bond donors (Lipinski definition) is 3. The number of hydrogen-bond acceptors (Lipinski definition) is 4. The molecular weight excluding hydrogens is 240 g/mol. The number of pyridine rings is 1. The Hall–Kier alpha value is -2.40. The molecule has 1 aromatic carbocycles. The number of nitrogens with one attached hydrogen (secondary N) is 2. The molecule has 0 spiro atoms. The van der Waals surface area contributed by atoms with Crippen molar-refractivity contribution < 1.29 is 4.79 Å². The first kappa shape index (κ1) is 13.0. The molecule has 19 heavy (non-hydrogen) atoms. The summed E-state index contributed by atoms with van der Waals surface area (Å²) in [6.45, 7) is 3.85. The summed E-state index contributed by atoms with van der Waals surface area (Å²) in [6, 6.07) is 7.27. The zero-order valence-corrected chi connectivity index (χ0v) is 10.9. The highest BCUT2D eigenvalue weighted by Gasteiger charge is 2.12. The maximum Gasteiger partial charge on any atom is 0.257 e. The maximum atomic E-state index is 12.2. The second-order valence-corrected chi connectivity index (χ2v) is 4.34. The lowest BCUT2D eigenvalue weighted by Crippen LogP contribution is -2.18. The smallest absolute Gasteiger partial charge is 0.257 e. The van der Waals surface area contributed by atoms with Gasteiger partial charge in [-0.05, 0) is 43.2 Å². The van der Waals surface area contributed by atoms with Crippen LogP contribution in [0.4, 0.5) is 11.4 Å². The van der Waals surface area contributed by atoms with Crippen molar-refractivity contribution in [3.05, 3.63) is 53.3 Å². The third-order valence-corrected chi connectivity index (χ3v) is 2.86. The van der Waals surface area contributed by atoms with Gasteiger partial charge in [0.1, 0.15) is 0 Å². The second kappa shape index (κ2) is 5.49. The van der Waals surface area contributed by atoms with Gasteiger partial charge in [-0.2, -0.15) is 0 Å². The second-order valence-electron chi connectivity index (χ2n) is 4.34. The topological polar surface area (TPSA) is 80.0 Å². The van der Waals surface area contributed by atoms with E-state index in [0.717, 1.165) is 11.1 Å². The highest BCUT2D eigenvalue weighted by Crippen LogP contribution is 2.19. The summed E-state index contributed by atoms with van der Waals surface area (Å²) in [6.07, 6.45) is 3.31. The molecule has 98 valence electrons. The van der Waals surface area contributed by atoms with Gasteiger partial charge in [-0.3, -0.25) is 15.6 Å². The number of aryl methyl sites for hydroxylation is 2. The summed E-state index contributed by atoms with van der Waals surface area (Å²) in [4.78, 5) is 16.2. The van der Waals surface area contributed by atoms with Crippen molar-refractivity contribution >= 4 is 17.3 Å². The highest BCUT2D eigenvalue weighted by atomic mass is 16.1. The van der Waals surface area contributed by atoms with Crippen LogP contribution in [0.3, 0.4) is 0 Å². The minimum absolute atomic E-state index is 0.218. The molecule has 0 fully saturated rings. The Kier molecular flexibility index (Phi) is 3.77. The molecule has 2 rings (SSSR count). The number of nitrogens with zero attached hydrogens (tertiary/aromatic N) is 1. The minimum Gasteiger partial charge on any atom is -0.323 e. The van der Waals surface area contributed by atoms with E-state index in [1.54, 1.807) is 18.5 Å². The predicted molar refractivity (Wildman–Crippen MR) is 75.9 cm³/mol. The van der Waals surface area contributed by atoms with Crippen LogP contribution in [0.2, 0.25) is 0 Å². The summed E-state index contributed by atoms with van der Waals surface area (Å²) >= 11 is 0. The molecule has 0 aliphatic rings. The van der Waals surface area contributed by atoms with E-state index in [2.05, 4.69) is 15.7 Å². The SMILES string of the molecule is Cc1ccc(C(=O)Nc2cnccc2C)c(NN)c1. The molecule has 0 bridgehead atoms. The van der Waals surface area contributed by atoms with Crippen LogP contribution in [-0.2, 0) is 0 Å². The van der Waals surface area contributed by atoms with Gasteiger partial charge >= 0.3 is 0 Å². The fourth-order valence-corrected chi connectivity index (χ4v) is 1.76. The van der Waals surface area contributed by atoms with Crippen LogP contribution in [0, 0.1) is 13.8 Å². The Bertz CT molecular complexity index is 610. The Morgan fingerprint density at radius 3 is 2.68 bits per heavy atom. The third-order valence-electron chi connectivity index (χ3n) is 2.86. The van der Waals surface area contributed by atoms with E-state index in [1.807, 2.05) is 32.0 Å². The van der Waals surface area contributed by atoms with Crippen LogP contribution < -0.4 is 16.6 Å². The van der Waals surface area contributed by atoms with Crippen LogP contribution >= 0.6 is 0 Å². The molecule has 0 unspecified atom stereocenters. The Morgan fingerprint density at radius 1 is 1.21 bits per heavy atom. The van der Waals surface area contributed by atoms with Gasteiger partial charge in [-0.1, -0.05) is 6.07 Å². The van der Waals surface area contributed by atoms with Crippen LogP contribution in [0.25, 0.3) is 0 Å². The van der Waals surface area contributed by atoms with Crippen molar-refractivity contribution in [2.45, 2.75) is 13.8 Å². The molecule has 0 radical (unpaired) electrons. The number of aromatic nitrogens is 1. The summed E-state index contributed by atoms with van der Waals surface area (Å²) in [5, 5.41) is 2.82. The summed E-state index contributed by atoms with van der Waals surface area (Å²) in [5.74, 6) is 5.22.